The Bertz CT molecular complexity index is 1670. The van der Waals surface area contributed by atoms with Crippen molar-refractivity contribution < 1.29 is 41.9 Å². The van der Waals surface area contributed by atoms with Crippen molar-refractivity contribution in [1.29, 1.82) is 0 Å². The summed E-state index contributed by atoms with van der Waals surface area (Å²) in [7, 11) is -4.66. The molecular formula is C33H42N4O9S. The summed E-state index contributed by atoms with van der Waals surface area (Å²) in [5, 5.41) is 12.6. The summed E-state index contributed by atoms with van der Waals surface area (Å²) in [4.78, 5) is 44.3. The number of anilines is 1. The summed E-state index contributed by atoms with van der Waals surface area (Å²) >= 11 is 0. The number of carboxylic acid groups (broad SMARTS) is 1. The lowest BCUT2D eigenvalue weighted by atomic mass is 10.1. The molecule has 1 unspecified atom stereocenters. The average molecular weight is 671 g/mol. The molecular weight excluding hydrogens is 628 g/mol. The van der Waals surface area contributed by atoms with E-state index in [1.54, 1.807) is 24.3 Å². The number of imidazole rings is 1. The number of carbonyl (C=O) groups is 3. The third kappa shape index (κ3) is 9.55. The molecule has 2 aromatic carbocycles. The Morgan fingerprint density at radius 3 is 2.36 bits per heavy atom. The highest BCUT2D eigenvalue weighted by Gasteiger charge is 2.43. The van der Waals surface area contributed by atoms with Gasteiger partial charge in [-0.2, -0.15) is 8.42 Å². The minimum atomic E-state index is -4.66. The van der Waals surface area contributed by atoms with Gasteiger partial charge in [0.25, 0.3) is 16.0 Å². The van der Waals surface area contributed by atoms with E-state index < -0.39 is 51.0 Å². The van der Waals surface area contributed by atoms with E-state index in [-0.39, 0.29) is 29.9 Å². The molecule has 0 radical (unpaired) electrons. The lowest BCUT2D eigenvalue weighted by molar-refractivity contribution is -0.149. The molecule has 2 amide bonds. The third-order valence-electron chi connectivity index (χ3n) is 7.61. The second-order valence-corrected chi connectivity index (χ2v) is 13.9. The zero-order valence-electron chi connectivity index (χ0n) is 27.0. The zero-order chi connectivity index (χ0) is 34.4. The predicted molar refractivity (Wildman–Crippen MR) is 173 cm³/mol. The molecule has 3 N–H and O–H groups in total. The predicted octanol–water partition coefficient (Wildman–Crippen LogP) is 5.20. The molecule has 0 saturated carbocycles. The minimum Gasteiger partial charge on any atom is -0.488 e. The second-order valence-electron chi connectivity index (χ2n) is 12.5. The van der Waals surface area contributed by atoms with Crippen LogP contribution in [0.2, 0.25) is 0 Å². The number of amides is 2. The van der Waals surface area contributed by atoms with Gasteiger partial charge in [0.2, 0.25) is 5.91 Å². The van der Waals surface area contributed by atoms with Crippen LogP contribution in [0, 0.1) is 0 Å². The van der Waals surface area contributed by atoms with Gasteiger partial charge in [-0.05, 0) is 63.6 Å². The molecule has 1 saturated heterocycles. The molecule has 0 aliphatic carbocycles. The van der Waals surface area contributed by atoms with Gasteiger partial charge in [0, 0.05) is 12.6 Å². The Kier molecular flexibility index (Phi) is 11.3. The fraction of sp³-hybridized carbons (Fsp3) is 0.455. The van der Waals surface area contributed by atoms with Gasteiger partial charge < -0.3 is 29.4 Å². The van der Waals surface area contributed by atoms with Gasteiger partial charge >= 0.3 is 5.97 Å². The summed E-state index contributed by atoms with van der Waals surface area (Å²) in [6, 6.07) is 10.3. The highest BCUT2D eigenvalue weighted by molar-refractivity contribution is 7.86. The van der Waals surface area contributed by atoms with Crippen LogP contribution < -0.4 is 14.8 Å². The number of unbranched alkanes of at least 4 members (excludes halogenated alkanes) is 3. The largest absolute Gasteiger partial charge is 0.488 e. The molecule has 1 fully saturated rings. The average Bonchev–Trinajstić information content (AvgIpc) is 3.64. The summed E-state index contributed by atoms with van der Waals surface area (Å²) < 4.78 is 46.6. The van der Waals surface area contributed by atoms with Gasteiger partial charge in [-0.25, -0.2) is 9.78 Å². The maximum Gasteiger partial charge on any atom is 0.326 e. The Balaban J connectivity index is 1.52. The van der Waals surface area contributed by atoms with Crippen molar-refractivity contribution in [2.75, 3.05) is 11.9 Å². The first-order valence-electron chi connectivity index (χ1n) is 15.6. The van der Waals surface area contributed by atoms with Gasteiger partial charge in [-0.3, -0.25) is 14.1 Å². The fourth-order valence-electron chi connectivity index (χ4n) is 5.48. The number of benzene rings is 2. The number of ether oxygens (including phenoxy) is 2. The van der Waals surface area contributed by atoms with Crippen LogP contribution in [0.4, 0.5) is 5.82 Å². The van der Waals surface area contributed by atoms with Crippen LogP contribution in [0.3, 0.4) is 0 Å². The SMILES string of the molecule is CCCCCCC(C(=O)N1C[C@@H](Oc2ccc(OC(C)(C)C)cc2)C[C@H]1C(=O)O)n1cnc(NC(=O)c2ccccc2S(=O)(=O)O)c1. The van der Waals surface area contributed by atoms with Crippen LogP contribution in [-0.4, -0.2) is 74.6 Å². The number of nitrogens with zero attached hydrogens (tertiary/aromatic N) is 3. The lowest BCUT2D eigenvalue weighted by Crippen LogP contribution is -2.44. The molecule has 3 atom stereocenters. The summed E-state index contributed by atoms with van der Waals surface area (Å²) in [5.74, 6) is -1.14. The van der Waals surface area contributed by atoms with E-state index in [1.807, 2.05) is 20.8 Å². The third-order valence-corrected chi connectivity index (χ3v) is 8.52. The van der Waals surface area contributed by atoms with Crippen molar-refractivity contribution in [3.63, 3.8) is 0 Å². The first-order chi connectivity index (χ1) is 22.2. The number of carbonyl (C=O) groups excluding carboxylic acids is 2. The van der Waals surface area contributed by atoms with E-state index >= 15 is 0 Å². The zero-order valence-corrected chi connectivity index (χ0v) is 27.8. The molecule has 1 aliphatic heterocycles. The monoisotopic (exact) mass is 670 g/mol. The van der Waals surface area contributed by atoms with E-state index in [9.17, 15) is 32.5 Å². The molecule has 3 aromatic rings. The van der Waals surface area contributed by atoms with Crippen molar-refractivity contribution >= 4 is 33.7 Å². The van der Waals surface area contributed by atoms with E-state index in [4.69, 9.17) is 9.47 Å². The lowest BCUT2D eigenvalue weighted by Gasteiger charge is -2.27. The Morgan fingerprint density at radius 2 is 1.72 bits per heavy atom. The number of aromatic nitrogens is 2. The van der Waals surface area contributed by atoms with Crippen molar-refractivity contribution in [1.82, 2.24) is 14.5 Å². The highest BCUT2D eigenvalue weighted by Crippen LogP contribution is 2.30. The smallest absolute Gasteiger partial charge is 0.326 e. The number of nitrogens with one attached hydrogen (secondary N) is 1. The maximum atomic E-state index is 14.1. The summed E-state index contributed by atoms with van der Waals surface area (Å²) in [6.45, 7) is 7.96. The summed E-state index contributed by atoms with van der Waals surface area (Å²) in [5.41, 5.74) is -0.646. The molecule has 4 rings (SSSR count). The van der Waals surface area contributed by atoms with Gasteiger partial charge in [0.1, 0.15) is 40.2 Å². The van der Waals surface area contributed by atoms with Crippen LogP contribution >= 0.6 is 0 Å². The van der Waals surface area contributed by atoms with E-state index in [2.05, 4.69) is 17.2 Å². The van der Waals surface area contributed by atoms with Crippen molar-refractivity contribution in [3.05, 3.63) is 66.6 Å². The number of hydrogen-bond acceptors (Lipinski definition) is 8. The van der Waals surface area contributed by atoms with Gasteiger partial charge in [0.15, 0.2) is 5.82 Å². The maximum absolute atomic E-state index is 14.1. The molecule has 2 heterocycles. The molecule has 47 heavy (non-hydrogen) atoms. The van der Waals surface area contributed by atoms with Gasteiger partial charge in [0.05, 0.1) is 18.4 Å². The molecule has 0 spiro atoms. The quantitative estimate of drug-likeness (QED) is 0.153. The molecule has 14 heteroatoms. The number of rotatable bonds is 14. The first-order valence-corrected chi connectivity index (χ1v) is 17.0. The van der Waals surface area contributed by atoms with Gasteiger partial charge in [-0.1, -0.05) is 44.7 Å². The molecule has 1 aliphatic rings. The normalized spacial score (nSPS) is 17.3. The van der Waals surface area contributed by atoms with Crippen LogP contribution in [0.15, 0.2) is 66.0 Å². The van der Waals surface area contributed by atoms with E-state index in [1.165, 1.54) is 40.2 Å². The minimum absolute atomic E-state index is 0.0443. The Labute approximate surface area is 274 Å². The number of aliphatic carboxylic acids is 1. The number of hydrogen-bond donors (Lipinski definition) is 3. The highest BCUT2D eigenvalue weighted by atomic mass is 32.2. The standard InChI is InChI=1S/C33H42N4O9S/c1-5-6-7-8-12-26(36-20-29(34-21-36)35-30(38)25-11-9-10-13-28(25)47(42,43)44)31(39)37-19-24(18-27(37)32(40)41)45-22-14-16-23(17-15-22)46-33(2,3)4/h9-11,13-17,20-21,24,26-27H,5-8,12,18-19H2,1-4H3,(H,35,38)(H,40,41)(H,42,43,44)/t24-,26?,27-/m0/s1. The topological polar surface area (TPSA) is 177 Å². The molecule has 1 aromatic heterocycles. The molecule has 0 bridgehead atoms. The molecule has 13 nitrogen and oxygen atoms in total. The van der Waals surface area contributed by atoms with Crippen molar-refractivity contribution in [2.24, 2.45) is 0 Å². The van der Waals surface area contributed by atoms with Crippen LogP contribution in [0.1, 0.15) is 82.6 Å². The van der Waals surface area contributed by atoms with E-state index in [0.717, 1.165) is 25.3 Å². The first kappa shape index (κ1) is 35.4. The van der Waals surface area contributed by atoms with Crippen LogP contribution in [0.25, 0.3) is 0 Å². The van der Waals surface area contributed by atoms with Gasteiger partial charge in [-0.15, -0.1) is 0 Å². The summed E-state index contributed by atoms with van der Waals surface area (Å²) in [6.07, 6.45) is 6.27. The van der Waals surface area contributed by atoms with Crippen molar-refractivity contribution in [3.8, 4) is 11.5 Å². The van der Waals surface area contributed by atoms with Crippen LogP contribution in [-0.2, 0) is 19.7 Å². The fourth-order valence-corrected chi connectivity index (χ4v) is 6.17. The molecule has 254 valence electrons. The van der Waals surface area contributed by atoms with Crippen LogP contribution in [0.5, 0.6) is 11.5 Å². The van der Waals surface area contributed by atoms with Crippen molar-refractivity contribution in [2.45, 2.75) is 94.9 Å². The second kappa shape index (κ2) is 15.0. The Hall–Kier alpha value is -4.43. The number of likely N-dealkylation sites (tertiary alicyclic amines) is 1. The number of carboxylic acids is 1. The Morgan fingerprint density at radius 1 is 1.04 bits per heavy atom. The van der Waals surface area contributed by atoms with E-state index in [0.29, 0.717) is 24.3 Å².